The number of carbonyl (C=O) groups is 1. The average molecular weight is 388 g/mol. The second kappa shape index (κ2) is 8.86. The summed E-state index contributed by atoms with van der Waals surface area (Å²) in [6.07, 6.45) is 2.33. The Morgan fingerprint density at radius 2 is 1.90 bits per heavy atom. The molecule has 6 heteroatoms. The Bertz CT molecular complexity index is 1010. The summed E-state index contributed by atoms with van der Waals surface area (Å²) in [5.41, 5.74) is 11.0. The second-order valence-electron chi connectivity index (χ2n) is 6.93. The standard InChI is InChI=1S/C23H24N4O2/c1-2-29-19-12-10-17(11-13-19)21-14-22(26-25-21)23(28)27-24-15-18-8-5-7-16-6-3-4-9-20(16)18/h3-13,15,21-22,25-26H,2,14H2,1H3,(H,27,28)/b24-15+. The third-order valence-electron chi connectivity index (χ3n) is 5.01. The molecule has 3 aromatic carbocycles. The maximum absolute atomic E-state index is 12.5. The van der Waals surface area contributed by atoms with Crippen LogP contribution in [0.4, 0.5) is 0 Å². The zero-order valence-corrected chi connectivity index (χ0v) is 16.3. The van der Waals surface area contributed by atoms with E-state index in [-0.39, 0.29) is 18.0 Å². The first-order chi connectivity index (χ1) is 14.2. The molecule has 0 aromatic heterocycles. The fraction of sp³-hybridized carbons (Fsp3) is 0.217. The van der Waals surface area contributed by atoms with Gasteiger partial charge in [-0.15, -0.1) is 0 Å². The number of hydrogen-bond donors (Lipinski definition) is 3. The van der Waals surface area contributed by atoms with E-state index < -0.39 is 0 Å². The SMILES string of the molecule is CCOc1ccc(C2CC(C(=O)N/N=C/c3cccc4ccccc34)NN2)cc1. The van der Waals surface area contributed by atoms with Gasteiger partial charge in [-0.1, -0.05) is 54.6 Å². The first-order valence-electron chi connectivity index (χ1n) is 9.79. The van der Waals surface area contributed by atoms with Gasteiger partial charge < -0.3 is 4.74 Å². The molecule has 3 aromatic rings. The van der Waals surface area contributed by atoms with Crippen LogP contribution >= 0.6 is 0 Å². The Morgan fingerprint density at radius 3 is 2.72 bits per heavy atom. The number of nitrogens with one attached hydrogen (secondary N) is 3. The summed E-state index contributed by atoms with van der Waals surface area (Å²) in [4.78, 5) is 12.5. The van der Waals surface area contributed by atoms with Crippen molar-refractivity contribution in [1.82, 2.24) is 16.3 Å². The van der Waals surface area contributed by atoms with Crippen molar-refractivity contribution in [2.24, 2.45) is 5.10 Å². The lowest BCUT2D eigenvalue weighted by Crippen LogP contribution is -2.41. The fourth-order valence-electron chi connectivity index (χ4n) is 3.52. The topological polar surface area (TPSA) is 74.8 Å². The van der Waals surface area contributed by atoms with E-state index in [9.17, 15) is 4.79 Å². The Balaban J connectivity index is 1.35. The Labute approximate surface area is 169 Å². The number of carbonyl (C=O) groups excluding carboxylic acids is 1. The molecule has 1 aliphatic heterocycles. The van der Waals surface area contributed by atoms with Crippen LogP contribution in [0.1, 0.15) is 30.5 Å². The number of nitrogens with zero attached hydrogens (tertiary/aromatic N) is 1. The van der Waals surface area contributed by atoms with Crippen LogP contribution in [0, 0.1) is 0 Å². The van der Waals surface area contributed by atoms with Crippen LogP contribution in [0.5, 0.6) is 5.75 Å². The number of amides is 1. The lowest BCUT2D eigenvalue weighted by Gasteiger charge is -2.10. The van der Waals surface area contributed by atoms with Gasteiger partial charge in [-0.2, -0.15) is 5.10 Å². The van der Waals surface area contributed by atoms with Crippen molar-refractivity contribution in [3.8, 4) is 5.75 Å². The lowest BCUT2D eigenvalue weighted by atomic mass is 10.0. The van der Waals surface area contributed by atoms with Crippen LogP contribution in [0.15, 0.2) is 71.8 Å². The molecule has 3 N–H and O–H groups in total. The number of hydrazine groups is 1. The van der Waals surface area contributed by atoms with Crippen LogP contribution in [-0.2, 0) is 4.79 Å². The third-order valence-corrected chi connectivity index (χ3v) is 5.01. The highest BCUT2D eigenvalue weighted by atomic mass is 16.5. The molecule has 2 atom stereocenters. The van der Waals surface area contributed by atoms with Gasteiger partial charge in [0.15, 0.2) is 0 Å². The van der Waals surface area contributed by atoms with E-state index >= 15 is 0 Å². The number of fused-ring (bicyclic) bond motifs is 1. The highest BCUT2D eigenvalue weighted by molar-refractivity contribution is 6.00. The van der Waals surface area contributed by atoms with Gasteiger partial charge in [0.1, 0.15) is 11.8 Å². The monoisotopic (exact) mass is 388 g/mol. The highest BCUT2D eigenvalue weighted by Gasteiger charge is 2.30. The fourth-order valence-corrected chi connectivity index (χ4v) is 3.52. The van der Waals surface area contributed by atoms with E-state index in [1.54, 1.807) is 6.21 Å². The maximum atomic E-state index is 12.5. The second-order valence-corrected chi connectivity index (χ2v) is 6.93. The number of hydrogen-bond acceptors (Lipinski definition) is 5. The molecule has 0 bridgehead atoms. The van der Waals surface area contributed by atoms with E-state index in [2.05, 4.69) is 33.5 Å². The molecule has 29 heavy (non-hydrogen) atoms. The summed E-state index contributed by atoms with van der Waals surface area (Å²) in [5, 5.41) is 6.40. The molecular weight excluding hydrogens is 364 g/mol. The van der Waals surface area contributed by atoms with Gasteiger partial charge in [-0.3, -0.25) is 4.79 Å². The predicted molar refractivity (Wildman–Crippen MR) is 115 cm³/mol. The Morgan fingerprint density at radius 1 is 1.10 bits per heavy atom. The smallest absolute Gasteiger partial charge is 0.258 e. The van der Waals surface area contributed by atoms with Crippen molar-refractivity contribution in [3.63, 3.8) is 0 Å². The van der Waals surface area contributed by atoms with E-state index in [1.165, 1.54) is 0 Å². The van der Waals surface area contributed by atoms with Gasteiger partial charge in [-0.05, 0) is 41.8 Å². The van der Waals surface area contributed by atoms with Crippen molar-refractivity contribution in [1.29, 1.82) is 0 Å². The van der Waals surface area contributed by atoms with Crippen molar-refractivity contribution >= 4 is 22.9 Å². The number of benzene rings is 3. The minimum atomic E-state index is -0.351. The van der Waals surface area contributed by atoms with Crippen molar-refractivity contribution in [2.45, 2.75) is 25.4 Å². The zero-order valence-electron chi connectivity index (χ0n) is 16.3. The summed E-state index contributed by atoms with van der Waals surface area (Å²) in [7, 11) is 0. The summed E-state index contributed by atoms with van der Waals surface area (Å²) in [6, 6.07) is 21.8. The van der Waals surface area contributed by atoms with Gasteiger partial charge in [0.2, 0.25) is 0 Å². The van der Waals surface area contributed by atoms with Crippen LogP contribution in [0.3, 0.4) is 0 Å². The maximum Gasteiger partial charge on any atom is 0.258 e. The molecule has 1 heterocycles. The number of hydrazone groups is 1. The molecule has 1 amide bonds. The van der Waals surface area contributed by atoms with Crippen molar-refractivity contribution in [2.75, 3.05) is 6.61 Å². The van der Waals surface area contributed by atoms with Gasteiger partial charge in [-0.25, -0.2) is 16.3 Å². The molecule has 0 radical (unpaired) electrons. The molecule has 6 nitrogen and oxygen atoms in total. The summed E-state index contributed by atoms with van der Waals surface area (Å²) >= 11 is 0. The average Bonchev–Trinajstić information content (AvgIpc) is 3.25. The van der Waals surface area contributed by atoms with Crippen molar-refractivity contribution < 1.29 is 9.53 Å². The molecule has 2 unspecified atom stereocenters. The molecule has 4 rings (SSSR count). The normalized spacial score (nSPS) is 18.9. The van der Waals surface area contributed by atoms with Gasteiger partial charge in [0, 0.05) is 11.6 Å². The molecule has 148 valence electrons. The summed E-state index contributed by atoms with van der Waals surface area (Å²) in [6.45, 7) is 2.60. The van der Waals surface area contributed by atoms with Crippen LogP contribution in [0.2, 0.25) is 0 Å². The molecule has 1 aliphatic rings. The molecular formula is C23H24N4O2. The third kappa shape index (κ3) is 4.45. The highest BCUT2D eigenvalue weighted by Crippen LogP contribution is 2.24. The summed E-state index contributed by atoms with van der Waals surface area (Å²) < 4.78 is 5.47. The van der Waals surface area contributed by atoms with E-state index in [4.69, 9.17) is 4.74 Å². The number of ether oxygens (including phenoxy) is 1. The number of rotatable bonds is 6. The molecule has 0 spiro atoms. The van der Waals surface area contributed by atoms with Crippen LogP contribution in [-0.4, -0.2) is 24.8 Å². The van der Waals surface area contributed by atoms with E-state index in [0.29, 0.717) is 13.0 Å². The van der Waals surface area contributed by atoms with Gasteiger partial charge in [0.05, 0.1) is 12.8 Å². The van der Waals surface area contributed by atoms with Crippen molar-refractivity contribution in [3.05, 3.63) is 77.9 Å². The molecule has 0 aliphatic carbocycles. The van der Waals surface area contributed by atoms with E-state index in [0.717, 1.165) is 27.6 Å². The van der Waals surface area contributed by atoms with Crippen LogP contribution in [0.25, 0.3) is 10.8 Å². The minimum absolute atomic E-state index is 0.0588. The van der Waals surface area contributed by atoms with Gasteiger partial charge in [0.25, 0.3) is 5.91 Å². The summed E-state index contributed by atoms with van der Waals surface area (Å²) in [5.74, 6) is 0.682. The van der Waals surface area contributed by atoms with Gasteiger partial charge >= 0.3 is 0 Å². The first-order valence-corrected chi connectivity index (χ1v) is 9.79. The first kappa shape index (κ1) is 19.1. The lowest BCUT2D eigenvalue weighted by molar-refractivity contribution is -0.122. The minimum Gasteiger partial charge on any atom is -0.494 e. The Hall–Kier alpha value is -3.22. The molecule has 1 saturated heterocycles. The molecule has 0 saturated carbocycles. The Kier molecular flexibility index (Phi) is 5.84. The quantitative estimate of drug-likeness (QED) is 0.447. The molecule has 1 fully saturated rings. The van der Waals surface area contributed by atoms with E-state index in [1.807, 2.05) is 61.5 Å². The zero-order chi connectivity index (χ0) is 20.1. The largest absolute Gasteiger partial charge is 0.494 e. The predicted octanol–water partition coefficient (Wildman–Crippen LogP) is 3.30. The van der Waals surface area contributed by atoms with Crippen LogP contribution < -0.4 is 21.0 Å².